The van der Waals surface area contributed by atoms with E-state index in [4.69, 9.17) is 9.15 Å². The highest BCUT2D eigenvalue weighted by Crippen LogP contribution is 2.24. The average Bonchev–Trinajstić information content (AvgIpc) is 3.21. The lowest BCUT2D eigenvalue weighted by Crippen LogP contribution is -2.25. The van der Waals surface area contributed by atoms with Crippen molar-refractivity contribution >= 4 is 0 Å². The van der Waals surface area contributed by atoms with Crippen molar-refractivity contribution in [3.63, 3.8) is 0 Å². The van der Waals surface area contributed by atoms with E-state index in [9.17, 15) is 0 Å². The molecule has 114 valence electrons. The number of aryl methyl sites for hydroxylation is 1. The molecule has 20 heavy (non-hydrogen) atoms. The molecule has 1 aliphatic carbocycles. The second-order valence-corrected chi connectivity index (χ2v) is 5.74. The van der Waals surface area contributed by atoms with Gasteiger partial charge >= 0.3 is 0 Å². The van der Waals surface area contributed by atoms with Crippen molar-refractivity contribution in [3.8, 4) is 0 Å². The minimum atomic E-state index is 0.577. The average molecular weight is 280 g/mol. The third-order valence-corrected chi connectivity index (χ3v) is 3.82. The van der Waals surface area contributed by atoms with E-state index >= 15 is 0 Å². The zero-order valence-corrected chi connectivity index (χ0v) is 13.1. The molecule has 4 nitrogen and oxygen atoms in total. The lowest BCUT2D eigenvalue weighted by Gasteiger charge is -2.14. The minimum absolute atomic E-state index is 0.577. The number of furan rings is 1. The smallest absolute Gasteiger partial charge is 0.130 e. The molecule has 0 aliphatic heterocycles. The molecule has 2 rings (SSSR count). The zero-order valence-electron chi connectivity index (χ0n) is 13.1. The highest BCUT2D eigenvalue weighted by molar-refractivity contribution is 5.20. The van der Waals surface area contributed by atoms with E-state index < -0.39 is 0 Å². The molecule has 1 fully saturated rings. The van der Waals surface area contributed by atoms with E-state index in [1.54, 1.807) is 0 Å². The summed E-state index contributed by atoms with van der Waals surface area (Å²) in [6, 6.07) is 2.92. The van der Waals surface area contributed by atoms with Crippen LogP contribution in [0.2, 0.25) is 0 Å². The second kappa shape index (κ2) is 7.81. The third kappa shape index (κ3) is 4.93. The first-order chi connectivity index (χ1) is 9.70. The van der Waals surface area contributed by atoms with Crippen molar-refractivity contribution in [1.29, 1.82) is 0 Å². The van der Waals surface area contributed by atoms with Gasteiger partial charge < -0.3 is 19.4 Å². The highest BCUT2D eigenvalue weighted by Gasteiger charge is 2.25. The Morgan fingerprint density at radius 2 is 2.25 bits per heavy atom. The summed E-state index contributed by atoms with van der Waals surface area (Å²) in [6.07, 6.45) is 3.85. The Morgan fingerprint density at radius 3 is 2.95 bits per heavy atom. The van der Waals surface area contributed by atoms with Crippen LogP contribution in [0.1, 0.15) is 43.3 Å². The van der Waals surface area contributed by atoms with Gasteiger partial charge in [-0.05, 0) is 45.8 Å². The molecule has 0 radical (unpaired) electrons. The molecule has 1 saturated carbocycles. The standard InChI is InChI=1S/C16H28N2O2/c1-4-7-17-11-14-10-16(20-13(14)2)12-19-9-8-18(3)15-5-6-15/h10,15,17H,4-9,11-12H2,1-3H3. The summed E-state index contributed by atoms with van der Waals surface area (Å²) >= 11 is 0. The molecule has 0 saturated heterocycles. The summed E-state index contributed by atoms with van der Waals surface area (Å²) in [7, 11) is 2.18. The molecule has 1 N–H and O–H groups in total. The van der Waals surface area contributed by atoms with Gasteiger partial charge in [0.2, 0.25) is 0 Å². The van der Waals surface area contributed by atoms with E-state index in [2.05, 4.69) is 30.3 Å². The number of ether oxygens (including phenoxy) is 1. The Hall–Kier alpha value is -0.840. The van der Waals surface area contributed by atoms with Crippen molar-refractivity contribution in [1.82, 2.24) is 10.2 Å². The Balaban J connectivity index is 1.65. The quantitative estimate of drug-likeness (QED) is 0.669. The summed E-state index contributed by atoms with van der Waals surface area (Å²) < 4.78 is 11.4. The SMILES string of the molecule is CCCNCc1cc(COCCN(C)C2CC2)oc1C. The van der Waals surface area contributed by atoms with Crippen LogP contribution < -0.4 is 5.32 Å². The lowest BCUT2D eigenvalue weighted by molar-refractivity contribution is 0.0858. The molecular weight excluding hydrogens is 252 g/mol. The van der Waals surface area contributed by atoms with Crippen LogP contribution in [0.15, 0.2) is 10.5 Å². The molecular formula is C16H28N2O2. The maximum atomic E-state index is 5.73. The number of likely N-dealkylation sites (N-methyl/N-ethyl adjacent to an activating group) is 1. The molecule has 0 unspecified atom stereocenters. The Morgan fingerprint density at radius 1 is 1.45 bits per heavy atom. The lowest BCUT2D eigenvalue weighted by atomic mass is 10.2. The van der Waals surface area contributed by atoms with E-state index in [0.717, 1.165) is 50.2 Å². The molecule has 1 aromatic rings. The van der Waals surface area contributed by atoms with Crippen LogP contribution in [0.5, 0.6) is 0 Å². The van der Waals surface area contributed by atoms with Gasteiger partial charge in [0.15, 0.2) is 0 Å². The van der Waals surface area contributed by atoms with Crippen LogP contribution in [0.4, 0.5) is 0 Å². The predicted molar refractivity (Wildman–Crippen MR) is 80.8 cm³/mol. The van der Waals surface area contributed by atoms with Gasteiger partial charge in [0.1, 0.15) is 18.1 Å². The molecule has 1 heterocycles. The van der Waals surface area contributed by atoms with Crippen LogP contribution >= 0.6 is 0 Å². The van der Waals surface area contributed by atoms with E-state index in [-0.39, 0.29) is 0 Å². The van der Waals surface area contributed by atoms with Crippen LogP contribution in [-0.2, 0) is 17.9 Å². The van der Waals surface area contributed by atoms with Crippen molar-refractivity contribution < 1.29 is 9.15 Å². The zero-order chi connectivity index (χ0) is 14.4. The normalized spacial score (nSPS) is 15.2. The summed E-state index contributed by atoms with van der Waals surface area (Å²) in [4.78, 5) is 2.38. The predicted octanol–water partition coefficient (Wildman–Crippen LogP) is 2.70. The molecule has 0 bridgehead atoms. The van der Waals surface area contributed by atoms with Crippen LogP contribution in [-0.4, -0.2) is 37.7 Å². The summed E-state index contributed by atoms with van der Waals surface area (Å²) in [5.41, 5.74) is 1.24. The fourth-order valence-electron chi connectivity index (χ4n) is 2.31. The van der Waals surface area contributed by atoms with Crippen LogP contribution in [0.3, 0.4) is 0 Å². The van der Waals surface area contributed by atoms with Gasteiger partial charge in [-0.2, -0.15) is 0 Å². The molecule has 0 aromatic carbocycles. The fourth-order valence-corrected chi connectivity index (χ4v) is 2.31. The van der Waals surface area contributed by atoms with Crippen LogP contribution in [0, 0.1) is 6.92 Å². The Kier molecular flexibility index (Phi) is 6.07. The third-order valence-electron chi connectivity index (χ3n) is 3.82. The van der Waals surface area contributed by atoms with E-state index in [0.29, 0.717) is 6.61 Å². The van der Waals surface area contributed by atoms with Crippen molar-refractivity contribution in [2.24, 2.45) is 0 Å². The first kappa shape index (κ1) is 15.5. The van der Waals surface area contributed by atoms with Crippen molar-refractivity contribution in [2.45, 2.75) is 52.3 Å². The van der Waals surface area contributed by atoms with Crippen LogP contribution in [0.25, 0.3) is 0 Å². The maximum absolute atomic E-state index is 5.73. The number of hydrogen-bond donors (Lipinski definition) is 1. The molecule has 0 spiro atoms. The number of nitrogens with one attached hydrogen (secondary N) is 1. The molecule has 0 atom stereocenters. The first-order valence-electron chi connectivity index (χ1n) is 7.77. The monoisotopic (exact) mass is 280 g/mol. The van der Waals surface area contributed by atoms with Gasteiger partial charge in [-0.15, -0.1) is 0 Å². The summed E-state index contributed by atoms with van der Waals surface area (Å²) in [5, 5.41) is 3.40. The van der Waals surface area contributed by atoms with Gasteiger partial charge in [-0.25, -0.2) is 0 Å². The second-order valence-electron chi connectivity index (χ2n) is 5.74. The number of hydrogen-bond acceptors (Lipinski definition) is 4. The van der Waals surface area contributed by atoms with Gasteiger partial charge in [0.05, 0.1) is 6.61 Å². The topological polar surface area (TPSA) is 37.6 Å². The van der Waals surface area contributed by atoms with Crippen molar-refractivity contribution in [3.05, 3.63) is 23.2 Å². The Labute approximate surface area is 122 Å². The highest BCUT2D eigenvalue weighted by atomic mass is 16.5. The Bertz CT molecular complexity index is 399. The fraction of sp³-hybridized carbons (Fsp3) is 0.750. The van der Waals surface area contributed by atoms with Crippen molar-refractivity contribution in [2.75, 3.05) is 26.7 Å². The van der Waals surface area contributed by atoms with Gasteiger partial charge in [0.25, 0.3) is 0 Å². The van der Waals surface area contributed by atoms with E-state index in [1.165, 1.54) is 18.4 Å². The molecule has 0 amide bonds. The summed E-state index contributed by atoms with van der Waals surface area (Å²) in [6.45, 7) is 8.48. The molecule has 1 aromatic heterocycles. The first-order valence-corrected chi connectivity index (χ1v) is 7.77. The number of nitrogens with zero attached hydrogens (tertiary/aromatic N) is 1. The molecule has 1 aliphatic rings. The summed E-state index contributed by atoms with van der Waals surface area (Å²) in [5.74, 6) is 1.94. The van der Waals surface area contributed by atoms with Gasteiger partial charge in [-0.1, -0.05) is 6.92 Å². The van der Waals surface area contributed by atoms with E-state index in [1.807, 2.05) is 6.92 Å². The van der Waals surface area contributed by atoms with Gasteiger partial charge in [0, 0.05) is 24.7 Å². The largest absolute Gasteiger partial charge is 0.464 e. The minimum Gasteiger partial charge on any atom is -0.464 e. The maximum Gasteiger partial charge on any atom is 0.130 e. The number of rotatable bonds is 10. The molecule has 4 heteroatoms. The van der Waals surface area contributed by atoms with Gasteiger partial charge in [-0.3, -0.25) is 0 Å².